The predicted molar refractivity (Wildman–Crippen MR) is 96.6 cm³/mol. The van der Waals surface area contributed by atoms with Crippen LogP contribution < -0.4 is 5.32 Å². The molecule has 1 aromatic carbocycles. The summed E-state index contributed by atoms with van der Waals surface area (Å²) in [5.41, 5.74) is 0.425. The average molecular weight is 396 g/mol. The number of rotatable bonds is 3. The van der Waals surface area contributed by atoms with Gasteiger partial charge < -0.3 is 10.4 Å². The first-order valence-corrected chi connectivity index (χ1v) is 10.7. The van der Waals surface area contributed by atoms with E-state index in [9.17, 15) is 18.3 Å². The highest BCUT2D eigenvalue weighted by molar-refractivity contribution is 7.89. The van der Waals surface area contributed by atoms with Gasteiger partial charge in [0.25, 0.3) is 0 Å². The first-order valence-electron chi connectivity index (χ1n) is 8.55. The number of aromatic nitrogens is 2. The molecule has 4 rings (SSSR count). The SMILES string of the molecule is Cc1ccc2nsnc2c1S(=O)(=O)N1CC[C@H]2NCCC[C@]2(C(=O)O)C1. The zero-order valence-electron chi connectivity index (χ0n) is 14.3. The fourth-order valence-corrected chi connectivity index (χ4v) is 6.67. The number of carboxylic acids is 1. The Bertz CT molecular complexity index is 974. The highest BCUT2D eigenvalue weighted by Gasteiger charge is 2.53. The number of aryl methyl sites for hydroxylation is 1. The zero-order chi connectivity index (χ0) is 18.5. The number of fused-ring (bicyclic) bond motifs is 2. The predicted octanol–water partition coefficient (Wildman–Crippen LogP) is 1.22. The van der Waals surface area contributed by atoms with Crippen LogP contribution in [0.1, 0.15) is 24.8 Å². The van der Waals surface area contributed by atoms with E-state index in [0.29, 0.717) is 36.0 Å². The van der Waals surface area contributed by atoms with Crippen LogP contribution in [0.5, 0.6) is 0 Å². The maximum Gasteiger partial charge on any atom is 0.312 e. The first-order chi connectivity index (χ1) is 12.4. The lowest BCUT2D eigenvalue weighted by Gasteiger charge is -2.47. The Morgan fingerprint density at radius 3 is 3.00 bits per heavy atom. The lowest BCUT2D eigenvalue weighted by molar-refractivity contribution is -0.155. The molecule has 140 valence electrons. The van der Waals surface area contributed by atoms with Crippen LogP contribution in [0.2, 0.25) is 0 Å². The summed E-state index contributed by atoms with van der Waals surface area (Å²) in [5.74, 6) is -0.931. The molecule has 2 aliphatic heterocycles. The number of benzene rings is 1. The van der Waals surface area contributed by atoms with Crippen molar-refractivity contribution in [1.29, 1.82) is 0 Å². The van der Waals surface area contributed by atoms with Gasteiger partial charge in [-0.05, 0) is 44.4 Å². The molecule has 10 heteroatoms. The van der Waals surface area contributed by atoms with Gasteiger partial charge in [0.15, 0.2) is 0 Å². The molecule has 0 aliphatic carbocycles. The average Bonchev–Trinajstić information content (AvgIpc) is 3.09. The number of sulfonamides is 1. The molecule has 2 saturated heterocycles. The number of hydrogen-bond donors (Lipinski definition) is 2. The minimum atomic E-state index is -3.87. The molecular formula is C16H20N4O4S2. The van der Waals surface area contributed by atoms with Gasteiger partial charge in [0, 0.05) is 19.1 Å². The van der Waals surface area contributed by atoms with Crippen LogP contribution in [0.25, 0.3) is 11.0 Å². The van der Waals surface area contributed by atoms with E-state index in [2.05, 4.69) is 14.1 Å². The standard InChI is InChI=1S/C16H20N4O4S2/c1-10-3-4-11-13(19-25-18-11)14(10)26(23,24)20-8-5-12-16(9-20,15(21)22)6-2-7-17-12/h3-4,12,17H,2,5-9H2,1H3,(H,21,22)/t12-,16+/m1/s1. The molecule has 2 fully saturated rings. The molecule has 2 aliphatic rings. The number of nitrogens with zero attached hydrogens (tertiary/aromatic N) is 3. The van der Waals surface area contributed by atoms with Crippen molar-refractivity contribution in [3.63, 3.8) is 0 Å². The number of nitrogens with one attached hydrogen (secondary N) is 1. The molecule has 0 bridgehead atoms. The second-order valence-electron chi connectivity index (χ2n) is 7.04. The van der Waals surface area contributed by atoms with Gasteiger partial charge in [-0.25, -0.2) is 8.42 Å². The second-order valence-corrected chi connectivity index (χ2v) is 9.45. The maximum atomic E-state index is 13.4. The fourth-order valence-electron chi connectivity index (χ4n) is 4.20. The van der Waals surface area contributed by atoms with E-state index in [-0.39, 0.29) is 17.5 Å². The monoisotopic (exact) mass is 396 g/mol. The van der Waals surface area contributed by atoms with Crippen LogP contribution in [0.3, 0.4) is 0 Å². The Labute approximate surface area is 155 Å². The molecule has 0 saturated carbocycles. The van der Waals surface area contributed by atoms with E-state index in [0.717, 1.165) is 24.7 Å². The van der Waals surface area contributed by atoms with E-state index in [1.54, 1.807) is 19.1 Å². The Morgan fingerprint density at radius 1 is 1.42 bits per heavy atom. The fraction of sp³-hybridized carbons (Fsp3) is 0.562. The Kier molecular flexibility index (Phi) is 4.25. The molecule has 0 unspecified atom stereocenters. The molecule has 8 nitrogen and oxygen atoms in total. The van der Waals surface area contributed by atoms with Crippen LogP contribution in [0.15, 0.2) is 17.0 Å². The lowest BCUT2D eigenvalue weighted by Crippen LogP contribution is -2.63. The molecule has 1 aromatic heterocycles. The van der Waals surface area contributed by atoms with Gasteiger partial charge in [-0.2, -0.15) is 13.1 Å². The largest absolute Gasteiger partial charge is 0.481 e. The molecular weight excluding hydrogens is 376 g/mol. The summed E-state index contributed by atoms with van der Waals surface area (Å²) in [6.45, 7) is 2.78. The second kappa shape index (κ2) is 6.22. The van der Waals surface area contributed by atoms with Crippen LogP contribution in [0.4, 0.5) is 0 Å². The summed E-state index contributed by atoms with van der Waals surface area (Å²) in [6.07, 6.45) is 1.69. The van der Waals surface area contributed by atoms with E-state index >= 15 is 0 Å². The molecule has 0 radical (unpaired) electrons. The molecule has 26 heavy (non-hydrogen) atoms. The molecule has 3 heterocycles. The van der Waals surface area contributed by atoms with Crippen molar-refractivity contribution >= 4 is 38.8 Å². The third-order valence-electron chi connectivity index (χ3n) is 5.59. The van der Waals surface area contributed by atoms with Crippen LogP contribution in [0, 0.1) is 12.3 Å². The number of aliphatic carboxylic acids is 1. The van der Waals surface area contributed by atoms with Crippen molar-refractivity contribution in [2.45, 2.75) is 37.1 Å². The molecule has 0 spiro atoms. The van der Waals surface area contributed by atoms with E-state index < -0.39 is 21.4 Å². The van der Waals surface area contributed by atoms with Crippen molar-refractivity contribution in [2.75, 3.05) is 19.6 Å². The van der Waals surface area contributed by atoms with Crippen LogP contribution >= 0.6 is 11.7 Å². The van der Waals surface area contributed by atoms with Crippen molar-refractivity contribution in [3.05, 3.63) is 17.7 Å². The minimum absolute atomic E-state index is 0.0181. The summed E-state index contributed by atoms with van der Waals surface area (Å²) in [5, 5.41) is 13.2. The summed E-state index contributed by atoms with van der Waals surface area (Å²) in [6, 6.07) is 3.28. The summed E-state index contributed by atoms with van der Waals surface area (Å²) in [7, 11) is -3.87. The van der Waals surface area contributed by atoms with Gasteiger partial charge >= 0.3 is 5.97 Å². The highest BCUT2D eigenvalue weighted by atomic mass is 32.2. The van der Waals surface area contributed by atoms with E-state index in [1.165, 1.54) is 4.31 Å². The smallest absolute Gasteiger partial charge is 0.312 e. The first kappa shape index (κ1) is 17.8. The van der Waals surface area contributed by atoms with Crippen molar-refractivity contribution in [1.82, 2.24) is 18.4 Å². The zero-order valence-corrected chi connectivity index (χ0v) is 15.9. The highest BCUT2D eigenvalue weighted by Crippen LogP contribution is 2.40. The minimum Gasteiger partial charge on any atom is -0.481 e. The Balaban J connectivity index is 1.78. The Hall–Kier alpha value is -1.62. The number of piperidine rings is 2. The van der Waals surface area contributed by atoms with Gasteiger partial charge in [-0.1, -0.05) is 6.07 Å². The molecule has 2 aromatic rings. The number of carboxylic acid groups (broad SMARTS) is 1. The summed E-state index contributed by atoms with van der Waals surface area (Å²) < 4.78 is 36.4. The summed E-state index contributed by atoms with van der Waals surface area (Å²) >= 11 is 0.974. The molecule has 2 atom stereocenters. The third kappa shape index (κ3) is 2.55. The topological polar surface area (TPSA) is 112 Å². The van der Waals surface area contributed by atoms with Gasteiger partial charge in [-0.3, -0.25) is 4.79 Å². The molecule has 0 amide bonds. The molecule has 2 N–H and O–H groups in total. The van der Waals surface area contributed by atoms with E-state index in [1.807, 2.05) is 0 Å². The normalized spacial score (nSPS) is 27.3. The Morgan fingerprint density at radius 2 is 2.23 bits per heavy atom. The lowest BCUT2D eigenvalue weighted by atomic mass is 9.71. The van der Waals surface area contributed by atoms with Gasteiger partial charge in [0.1, 0.15) is 15.9 Å². The van der Waals surface area contributed by atoms with Gasteiger partial charge in [0.2, 0.25) is 10.0 Å². The summed E-state index contributed by atoms with van der Waals surface area (Å²) in [4.78, 5) is 12.2. The quantitative estimate of drug-likeness (QED) is 0.802. The van der Waals surface area contributed by atoms with Crippen molar-refractivity contribution in [2.24, 2.45) is 5.41 Å². The third-order valence-corrected chi connectivity index (χ3v) is 8.15. The number of hydrogen-bond acceptors (Lipinski definition) is 7. The number of carbonyl (C=O) groups is 1. The van der Waals surface area contributed by atoms with Crippen molar-refractivity contribution < 1.29 is 18.3 Å². The van der Waals surface area contributed by atoms with Gasteiger partial charge in [0.05, 0.1) is 17.1 Å². The van der Waals surface area contributed by atoms with Crippen LogP contribution in [-0.4, -0.2) is 58.2 Å². The van der Waals surface area contributed by atoms with Crippen LogP contribution in [-0.2, 0) is 14.8 Å². The maximum absolute atomic E-state index is 13.4. The van der Waals surface area contributed by atoms with Crippen molar-refractivity contribution in [3.8, 4) is 0 Å². The van der Waals surface area contributed by atoms with E-state index in [4.69, 9.17) is 0 Å². The van der Waals surface area contributed by atoms with Gasteiger partial charge in [-0.15, -0.1) is 0 Å².